The second-order valence-corrected chi connectivity index (χ2v) is 6.25. The maximum Gasteiger partial charge on any atom is 0.242 e. The minimum atomic E-state index is -0.523. The Morgan fingerprint density at radius 2 is 1.65 bits per heavy atom. The number of hydrogen-bond donors (Lipinski definition) is 2. The number of amides is 1. The van der Waals surface area contributed by atoms with Crippen LogP contribution in [-0.2, 0) is 17.9 Å². The molecular formula is C20H19ClN4O. The Hall–Kier alpha value is -2.76. The van der Waals surface area contributed by atoms with E-state index in [9.17, 15) is 4.79 Å². The zero-order valence-corrected chi connectivity index (χ0v) is 14.9. The number of hydrogen-bond acceptors (Lipinski definition) is 4. The predicted octanol–water partition coefficient (Wildman–Crippen LogP) is 3.28. The van der Waals surface area contributed by atoms with Gasteiger partial charge in [0.05, 0.1) is 0 Å². The Morgan fingerprint density at radius 1 is 0.962 bits per heavy atom. The van der Waals surface area contributed by atoms with Gasteiger partial charge < -0.3 is 5.32 Å². The number of benzene rings is 1. The largest absolute Gasteiger partial charge is 0.350 e. The Labute approximate surface area is 157 Å². The molecule has 0 saturated heterocycles. The third kappa shape index (κ3) is 5.12. The molecular weight excluding hydrogens is 348 g/mol. The van der Waals surface area contributed by atoms with Gasteiger partial charge in [-0.05, 0) is 41.0 Å². The molecule has 1 atom stereocenters. The van der Waals surface area contributed by atoms with E-state index in [0.717, 1.165) is 16.7 Å². The van der Waals surface area contributed by atoms with Crippen LogP contribution in [0.5, 0.6) is 0 Å². The summed E-state index contributed by atoms with van der Waals surface area (Å²) in [4.78, 5) is 21.0. The van der Waals surface area contributed by atoms with E-state index >= 15 is 0 Å². The van der Waals surface area contributed by atoms with Crippen LogP contribution in [0.1, 0.15) is 22.7 Å². The smallest absolute Gasteiger partial charge is 0.242 e. The highest BCUT2D eigenvalue weighted by Gasteiger charge is 2.20. The van der Waals surface area contributed by atoms with Crippen LogP contribution in [0.4, 0.5) is 0 Å². The van der Waals surface area contributed by atoms with Crippen molar-refractivity contribution in [2.45, 2.75) is 19.1 Å². The number of nitrogens with one attached hydrogen (secondary N) is 2. The Morgan fingerprint density at radius 3 is 2.27 bits per heavy atom. The van der Waals surface area contributed by atoms with E-state index in [-0.39, 0.29) is 5.91 Å². The van der Waals surface area contributed by atoms with Gasteiger partial charge in [-0.25, -0.2) is 0 Å². The van der Waals surface area contributed by atoms with Gasteiger partial charge >= 0.3 is 0 Å². The highest BCUT2D eigenvalue weighted by Crippen LogP contribution is 2.19. The van der Waals surface area contributed by atoms with Crippen molar-refractivity contribution in [2.75, 3.05) is 0 Å². The summed E-state index contributed by atoms with van der Waals surface area (Å²) in [7, 11) is 0. The number of halogens is 1. The minimum Gasteiger partial charge on any atom is -0.350 e. The first kappa shape index (κ1) is 18.0. The van der Waals surface area contributed by atoms with E-state index in [2.05, 4.69) is 20.6 Å². The van der Waals surface area contributed by atoms with Crippen molar-refractivity contribution in [1.82, 2.24) is 20.6 Å². The predicted molar refractivity (Wildman–Crippen MR) is 101 cm³/mol. The van der Waals surface area contributed by atoms with Gasteiger partial charge in [-0.2, -0.15) is 0 Å². The summed E-state index contributed by atoms with van der Waals surface area (Å²) in [5, 5.41) is 6.84. The van der Waals surface area contributed by atoms with Crippen molar-refractivity contribution < 1.29 is 4.79 Å². The highest BCUT2D eigenvalue weighted by atomic mass is 35.5. The Balaban J connectivity index is 1.72. The molecule has 1 amide bonds. The second kappa shape index (κ2) is 9.08. The van der Waals surface area contributed by atoms with Gasteiger partial charge in [0.2, 0.25) is 5.91 Å². The fourth-order valence-electron chi connectivity index (χ4n) is 2.56. The first-order valence-corrected chi connectivity index (χ1v) is 8.64. The number of carbonyl (C=O) groups excluding carboxylic acids is 1. The summed E-state index contributed by atoms with van der Waals surface area (Å²) in [5.74, 6) is -0.125. The molecule has 26 heavy (non-hydrogen) atoms. The van der Waals surface area contributed by atoms with Crippen LogP contribution in [0.15, 0.2) is 73.3 Å². The highest BCUT2D eigenvalue weighted by molar-refractivity contribution is 6.30. The summed E-state index contributed by atoms with van der Waals surface area (Å²) >= 11 is 6.11. The van der Waals surface area contributed by atoms with Crippen molar-refractivity contribution in [2.24, 2.45) is 0 Å². The molecule has 0 aliphatic rings. The molecule has 2 N–H and O–H groups in total. The lowest BCUT2D eigenvalue weighted by atomic mass is 10.1. The lowest BCUT2D eigenvalue weighted by molar-refractivity contribution is -0.123. The van der Waals surface area contributed by atoms with Gasteiger partial charge in [-0.3, -0.25) is 20.1 Å². The number of rotatable bonds is 7. The van der Waals surface area contributed by atoms with Gasteiger partial charge in [0.15, 0.2) is 0 Å². The van der Waals surface area contributed by atoms with Crippen molar-refractivity contribution >= 4 is 17.5 Å². The molecule has 5 nitrogen and oxygen atoms in total. The molecule has 3 aromatic rings. The summed E-state index contributed by atoms with van der Waals surface area (Å²) in [6.07, 6.45) is 6.93. The molecule has 0 aliphatic carbocycles. The summed E-state index contributed by atoms with van der Waals surface area (Å²) in [6, 6.07) is 14.4. The normalized spacial score (nSPS) is 11.7. The fraction of sp³-hybridized carbons (Fsp3) is 0.150. The van der Waals surface area contributed by atoms with E-state index in [1.165, 1.54) is 0 Å². The average molecular weight is 367 g/mol. The van der Waals surface area contributed by atoms with Crippen LogP contribution in [0, 0.1) is 0 Å². The van der Waals surface area contributed by atoms with Gasteiger partial charge in [0.1, 0.15) is 6.04 Å². The van der Waals surface area contributed by atoms with E-state index in [1.54, 1.807) is 36.9 Å². The topological polar surface area (TPSA) is 66.9 Å². The van der Waals surface area contributed by atoms with Gasteiger partial charge in [-0.1, -0.05) is 35.9 Å². The van der Waals surface area contributed by atoms with Crippen LogP contribution in [0.2, 0.25) is 5.02 Å². The molecule has 0 aliphatic heterocycles. The van der Waals surface area contributed by atoms with Crippen molar-refractivity contribution in [3.05, 3.63) is 95.0 Å². The van der Waals surface area contributed by atoms with Crippen LogP contribution >= 0.6 is 11.6 Å². The van der Waals surface area contributed by atoms with Crippen molar-refractivity contribution in [3.8, 4) is 0 Å². The molecule has 132 valence electrons. The van der Waals surface area contributed by atoms with E-state index in [4.69, 9.17) is 11.6 Å². The SMILES string of the molecule is O=C(NCc1cccnc1)C(NCc1cccnc1)c1cccc(Cl)c1. The lowest BCUT2D eigenvalue weighted by Crippen LogP contribution is -2.37. The monoisotopic (exact) mass is 366 g/mol. The molecule has 0 radical (unpaired) electrons. The van der Waals surface area contributed by atoms with E-state index in [0.29, 0.717) is 18.1 Å². The van der Waals surface area contributed by atoms with E-state index in [1.807, 2.05) is 36.4 Å². The standard InChI is InChI=1S/C20H19ClN4O/c21-18-7-1-6-17(10-18)19(24-13-15-4-2-8-22-11-15)20(26)25-14-16-5-3-9-23-12-16/h1-12,19,24H,13-14H2,(H,25,26). The molecule has 0 spiro atoms. The molecule has 2 aromatic heterocycles. The van der Waals surface area contributed by atoms with E-state index < -0.39 is 6.04 Å². The maximum absolute atomic E-state index is 12.8. The van der Waals surface area contributed by atoms with Crippen LogP contribution in [0.3, 0.4) is 0 Å². The molecule has 6 heteroatoms. The second-order valence-electron chi connectivity index (χ2n) is 5.81. The number of pyridine rings is 2. The van der Waals surface area contributed by atoms with Crippen molar-refractivity contribution in [1.29, 1.82) is 0 Å². The molecule has 1 aromatic carbocycles. The van der Waals surface area contributed by atoms with Crippen LogP contribution in [-0.4, -0.2) is 15.9 Å². The van der Waals surface area contributed by atoms with Crippen LogP contribution < -0.4 is 10.6 Å². The quantitative estimate of drug-likeness (QED) is 0.673. The molecule has 2 heterocycles. The third-order valence-electron chi connectivity index (χ3n) is 3.87. The lowest BCUT2D eigenvalue weighted by Gasteiger charge is -2.19. The summed E-state index contributed by atoms with van der Waals surface area (Å²) in [5.41, 5.74) is 2.75. The first-order valence-electron chi connectivity index (χ1n) is 8.27. The molecule has 0 fully saturated rings. The zero-order valence-electron chi connectivity index (χ0n) is 14.1. The minimum absolute atomic E-state index is 0.125. The zero-order chi connectivity index (χ0) is 18.2. The van der Waals surface area contributed by atoms with Crippen LogP contribution in [0.25, 0.3) is 0 Å². The molecule has 0 saturated carbocycles. The molecule has 1 unspecified atom stereocenters. The average Bonchev–Trinajstić information content (AvgIpc) is 2.68. The van der Waals surface area contributed by atoms with Gasteiger partial charge in [0, 0.05) is 42.9 Å². The fourth-order valence-corrected chi connectivity index (χ4v) is 2.76. The first-order chi connectivity index (χ1) is 12.7. The van der Waals surface area contributed by atoms with Gasteiger partial charge in [0.25, 0.3) is 0 Å². The maximum atomic E-state index is 12.8. The number of aromatic nitrogens is 2. The summed E-state index contributed by atoms with van der Waals surface area (Å²) < 4.78 is 0. The van der Waals surface area contributed by atoms with Crippen molar-refractivity contribution in [3.63, 3.8) is 0 Å². The third-order valence-corrected chi connectivity index (χ3v) is 4.10. The summed E-state index contributed by atoms with van der Waals surface area (Å²) in [6.45, 7) is 0.934. The Bertz CT molecular complexity index is 843. The number of carbonyl (C=O) groups is 1. The molecule has 0 bridgehead atoms. The number of nitrogens with zero attached hydrogens (tertiary/aromatic N) is 2. The Kier molecular flexibility index (Phi) is 6.30. The molecule has 3 rings (SSSR count). The van der Waals surface area contributed by atoms with Gasteiger partial charge in [-0.15, -0.1) is 0 Å².